The Hall–Kier alpha value is -0.0800. The Morgan fingerprint density at radius 1 is 1.06 bits per heavy atom. The highest BCUT2D eigenvalue weighted by Gasteiger charge is 2.33. The predicted molar refractivity (Wildman–Crippen MR) is 74.2 cm³/mol. The van der Waals surface area contributed by atoms with Crippen LogP contribution in [0.15, 0.2) is 0 Å². The first-order valence-corrected chi connectivity index (χ1v) is 7.59. The number of nitrogens with zero attached hydrogens (tertiary/aromatic N) is 1. The second kappa shape index (κ2) is 5.71. The quantitative estimate of drug-likeness (QED) is 0.796. The fraction of sp³-hybridized carbons (Fsp3) is 1.00. The van der Waals surface area contributed by atoms with E-state index in [1.807, 2.05) is 0 Å². The molecule has 1 heterocycles. The second-order valence-electron chi connectivity index (χ2n) is 6.63. The lowest BCUT2D eigenvalue weighted by Crippen LogP contribution is -2.59. The smallest absolute Gasteiger partial charge is 0.0196 e. The lowest BCUT2D eigenvalue weighted by Gasteiger charge is -2.46. The molecule has 0 radical (unpaired) electrons. The summed E-state index contributed by atoms with van der Waals surface area (Å²) in [7, 11) is 0. The monoisotopic (exact) mass is 238 g/mol. The van der Waals surface area contributed by atoms with Crippen LogP contribution in [0.25, 0.3) is 0 Å². The van der Waals surface area contributed by atoms with Crippen molar-refractivity contribution in [2.75, 3.05) is 13.1 Å². The minimum atomic E-state index is 0.721. The second-order valence-corrected chi connectivity index (χ2v) is 6.63. The molecule has 0 aromatic carbocycles. The normalized spacial score (nSPS) is 44.8. The van der Waals surface area contributed by atoms with Crippen LogP contribution in [-0.4, -0.2) is 36.1 Å². The summed E-state index contributed by atoms with van der Waals surface area (Å²) >= 11 is 0. The van der Waals surface area contributed by atoms with Crippen LogP contribution in [-0.2, 0) is 0 Å². The van der Waals surface area contributed by atoms with Crippen molar-refractivity contribution in [3.05, 3.63) is 0 Å². The van der Waals surface area contributed by atoms with Gasteiger partial charge in [0.25, 0.3) is 0 Å². The van der Waals surface area contributed by atoms with Crippen LogP contribution in [0, 0.1) is 11.8 Å². The molecule has 0 aromatic heterocycles. The van der Waals surface area contributed by atoms with Crippen LogP contribution in [0.5, 0.6) is 0 Å². The molecule has 4 unspecified atom stereocenters. The van der Waals surface area contributed by atoms with E-state index < -0.39 is 0 Å². The lowest BCUT2D eigenvalue weighted by atomic mass is 9.79. The van der Waals surface area contributed by atoms with Crippen molar-refractivity contribution >= 4 is 0 Å². The van der Waals surface area contributed by atoms with E-state index in [0.717, 1.165) is 30.0 Å². The molecule has 1 saturated carbocycles. The SMILES string of the molecule is CCC1CN(C2CC(C)CC(C)C2)C(C)CN1. The van der Waals surface area contributed by atoms with E-state index in [4.69, 9.17) is 0 Å². The number of hydrogen-bond donors (Lipinski definition) is 1. The molecule has 1 N–H and O–H groups in total. The van der Waals surface area contributed by atoms with Crippen molar-refractivity contribution < 1.29 is 0 Å². The van der Waals surface area contributed by atoms with Crippen LogP contribution in [0.4, 0.5) is 0 Å². The van der Waals surface area contributed by atoms with Crippen molar-refractivity contribution in [2.24, 2.45) is 11.8 Å². The fourth-order valence-electron chi connectivity index (χ4n) is 3.91. The maximum Gasteiger partial charge on any atom is 0.0196 e. The molecule has 1 aliphatic heterocycles. The molecular formula is C15H30N2. The van der Waals surface area contributed by atoms with E-state index in [9.17, 15) is 0 Å². The van der Waals surface area contributed by atoms with Crippen molar-refractivity contribution in [1.29, 1.82) is 0 Å². The standard InChI is InChI=1S/C15H30N2/c1-5-14-10-17(13(4)9-16-14)15-7-11(2)6-12(3)8-15/h11-16H,5-10H2,1-4H3. The Labute approximate surface area is 107 Å². The average molecular weight is 238 g/mol. The molecule has 2 nitrogen and oxygen atoms in total. The molecule has 17 heavy (non-hydrogen) atoms. The largest absolute Gasteiger partial charge is 0.311 e. The van der Waals surface area contributed by atoms with Gasteiger partial charge in [0, 0.05) is 31.2 Å². The van der Waals surface area contributed by atoms with Gasteiger partial charge in [0.15, 0.2) is 0 Å². The van der Waals surface area contributed by atoms with Gasteiger partial charge in [0.1, 0.15) is 0 Å². The maximum atomic E-state index is 3.67. The molecule has 1 aliphatic carbocycles. The van der Waals surface area contributed by atoms with E-state index in [-0.39, 0.29) is 0 Å². The molecule has 4 atom stereocenters. The lowest BCUT2D eigenvalue weighted by molar-refractivity contribution is 0.0446. The molecule has 2 aliphatic rings. The number of hydrogen-bond acceptors (Lipinski definition) is 2. The molecular weight excluding hydrogens is 208 g/mol. The molecule has 2 fully saturated rings. The predicted octanol–water partition coefficient (Wildman–Crippen LogP) is 2.88. The zero-order valence-corrected chi connectivity index (χ0v) is 12.1. The Bertz CT molecular complexity index is 231. The molecule has 0 aromatic rings. The van der Waals surface area contributed by atoms with E-state index in [1.54, 1.807) is 0 Å². The van der Waals surface area contributed by atoms with Crippen molar-refractivity contribution in [1.82, 2.24) is 10.2 Å². The van der Waals surface area contributed by atoms with Crippen LogP contribution < -0.4 is 5.32 Å². The Morgan fingerprint density at radius 3 is 2.29 bits per heavy atom. The summed E-state index contributed by atoms with van der Waals surface area (Å²) in [6.45, 7) is 12.0. The summed E-state index contributed by atoms with van der Waals surface area (Å²) in [5, 5.41) is 3.67. The summed E-state index contributed by atoms with van der Waals surface area (Å²) in [6, 6.07) is 2.29. The van der Waals surface area contributed by atoms with Gasteiger partial charge in [0.2, 0.25) is 0 Å². The number of nitrogens with one attached hydrogen (secondary N) is 1. The third kappa shape index (κ3) is 3.23. The van der Waals surface area contributed by atoms with Crippen molar-refractivity contribution in [2.45, 2.75) is 71.5 Å². The van der Waals surface area contributed by atoms with Gasteiger partial charge in [-0.3, -0.25) is 4.90 Å². The first-order valence-electron chi connectivity index (χ1n) is 7.59. The number of piperazine rings is 1. The highest BCUT2D eigenvalue weighted by Crippen LogP contribution is 2.33. The maximum absolute atomic E-state index is 3.67. The zero-order valence-electron chi connectivity index (χ0n) is 12.1. The van der Waals surface area contributed by atoms with Crippen LogP contribution in [0.1, 0.15) is 53.4 Å². The summed E-state index contributed by atoms with van der Waals surface area (Å²) in [5.41, 5.74) is 0. The Kier molecular flexibility index (Phi) is 4.48. The third-order valence-corrected chi connectivity index (χ3v) is 4.81. The zero-order chi connectivity index (χ0) is 12.4. The topological polar surface area (TPSA) is 15.3 Å². The molecule has 2 heteroatoms. The molecule has 0 bridgehead atoms. The fourth-order valence-corrected chi connectivity index (χ4v) is 3.91. The van der Waals surface area contributed by atoms with E-state index in [0.29, 0.717) is 0 Å². The third-order valence-electron chi connectivity index (χ3n) is 4.81. The van der Waals surface area contributed by atoms with E-state index in [1.165, 1.54) is 38.8 Å². The van der Waals surface area contributed by atoms with Crippen molar-refractivity contribution in [3.63, 3.8) is 0 Å². The van der Waals surface area contributed by atoms with Gasteiger partial charge in [-0.2, -0.15) is 0 Å². The Balaban J connectivity index is 1.98. The summed E-state index contributed by atoms with van der Waals surface area (Å²) in [4.78, 5) is 2.80. The number of rotatable bonds is 2. The van der Waals surface area contributed by atoms with Gasteiger partial charge in [-0.25, -0.2) is 0 Å². The minimum absolute atomic E-state index is 0.721. The van der Waals surface area contributed by atoms with Crippen LogP contribution >= 0.6 is 0 Å². The van der Waals surface area contributed by atoms with Crippen molar-refractivity contribution in [3.8, 4) is 0 Å². The summed E-state index contributed by atoms with van der Waals surface area (Å²) in [6.07, 6.45) is 5.55. The Morgan fingerprint density at radius 2 is 1.71 bits per heavy atom. The minimum Gasteiger partial charge on any atom is -0.311 e. The average Bonchev–Trinajstić information content (AvgIpc) is 2.28. The van der Waals surface area contributed by atoms with Crippen LogP contribution in [0.2, 0.25) is 0 Å². The first-order chi connectivity index (χ1) is 8.10. The molecule has 100 valence electrons. The van der Waals surface area contributed by atoms with E-state index >= 15 is 0 Å². The first kappa shape index (κ1) is 13.4. The van der Waals surface area contributed by atoms with Gasteiger partial charge in [-0.1, -0.05) is 20.8 Å². The highest BCUT2D eigenvalue weighted by atomic mass is 15.3. The summed E-state index contributed by atoms with van der Waals surface area (Å²) in [5.74, 6) is 1.84. The van der Waals surface area contributed by atoms with E-state index in [2.05, 4.69) is 37.9 Å². The molecule has 0 amide bonds. The molecule has 1 saturated heterocycles. The van der Waals surface area contributed by atoms with Gasteiger partial charge in [-0.05, 0) is 44.4 Å². The van der Waals surface area contributed by atoms with Gasteiger partial charge in [-0.15, -0.1) is 0 Å². The van der Waals surface area contributed by atoms with Gasteiger partial charge in [0.05, 0.1) is 0 Å². The molecule has 2 rings (SSSR count). The van der Waals surface area contributed by atoms with Crippen LogP contribution in [0.3, 0.4) is 0 Å². The van der Waals surface area contributed by atoms with Gasteiger partial charge < -0.3 is 5.32 Å². The summed E-state index contributed by atoms with van der Waals surface area (Å²) < 4.78 is 0. The molecule has 0 spiro atoms. The van der Waals surface area contributed by atoms with Gasteiger partial charge >= 0.3 is 0 Å². The highest BCUT2D eigenvalue weighted by molar-refractivity contribution is 4.90.